The molecule has 2 aromatic rings. The highest BCUT2D eigenvalue weighted by atomic mass is 35.5. The number of ether oxygens (including phenoxy) is 1. The van der Waals surface area contributed by atoms with Gasteiger partial charge in [-0.2, -0.15) is 0 Å². The van der Waals surface area contributed by atoms with E-state index < -0.39 is 0 Å². The molecule has 0 unspecified atom stereocenters. The molecule has 1 aliphatic heterocycles. The van der Waals surface area contributed by atoms with Crippen molar-refractivity contribution in [2.75, 3.05) is 12.4 Å². The summed E-state index contributed by atoms with van der Waals surface area (Å²) in [6.45, 7) is 0.506. The molecule has 0 radical (unpaired) electrons. The van der Waals surface area contributed by atoms with E-state index in [1.165, 1.54) is 19.2 Å². The molecule has 0 aliphatic carbocycles. The molecule has 0 saturated carbocycles. The zero-order valence-corrected chi connectivity index (χ0v) is 13.6. The number of nitrogens with one attached hydrogen (secondary N) is 2. The first-order valence-electron chi connectivity index (χ1n) is 6.75. The number of anilines is 1. The lowest BCUT2D eigenvalue weighted by atomic mass is 10.1. The first-order valence-corrected chi connectivity index (χ1v) is 7.50. The number of carbonyl (C=O) groups is 2. The second-order valence-electron chi connectivity index (χ2n) is 4.98. The molecule has 0 fully saturated rings. The Labute approximate surface area is 142 Å². The molecule has 0 aromatic heterocycles. The SMILES string of the molecule is COc1c(Cl)cc(C(=O)Nc2ccc3c(c2)C(=O)NC3)cc1Cl. The summed E-state index contributed by atoms with van der Waals surface area (Å²) in [6.07, 6.45) is 0. The van der Waals surface area contributed by atoms with Crippen molar-refractivity contribution in [3.8, 4) is 5.75 Å². The zero-order valence-electron chi connectivity index (χ0n) is 12.1. The Morgan fingerprint density at radius 2 is 1.91 bits per heavy atom. The average molecular weight is 351 g/mol. The summed E-state index contributed by atoms with van der Waals surface area (Å²) >= 11 is 12.1. The van der Waals surface area contributed by atoms with Gasteiger partial charge in [0.05, 0.1) is 17.2 Å². The van der Waals surface area contributed by atoms with E-state index in [1.54, 1.807) is 18.2 Å². The lowest BCUT2D eigenvalue weighted by molar-refractivity contribution is 0.0964. The molecule has 0 atom stereocenters. The Kier molecular flexibility index (Phi) is 4.15. The second-order valence-corrected chi connectivity index (χ2v) is 5.80. The van der Waals surface area contributed by atoms with E-state index in [0.29, 0.717) is 29.1 Å². The summed E-state index contributed by atoms with van der Waals surface area (Å²) in [7, 11) is 1.45. The Morgan fingerprint density at radius 3 is 2.57 bits per heavy atom. The molecular formula is C16H12Cl2N2O3. The molecule has 5 nitrogen and oxygen atoms in total. The van der Waals surface area contributed by atoms with E-state index >= 15 is 0 Å². The maximum atomic E-state index is 12.3. The van der Waals surface area contributed by atoms with Crippen LogP contribution in [0.1, 0.15) is 26.3 Å². The minimum atomic E-state index is -0.380. The maximum absolute atomic E-state index is 12.3. The fourth-order valence-electron chi connectivity index (χ4n) is 2.38. The van der Waals surface area contributed by atoms with Gasteiger partial charge in [-0.3, -0.25) is 9.59 Å². The number of hydrogen-bond acceptors (Lipinski definition) is 3. The lowest BCUT2D eigenvalue weighted by Crippen LogP contribution is -2.14. The van der Waals surface area contributed by atoms with Gasteiger partial charge in [0.15, 0.2) is 5.75 Å². The number of carbonyl (C=O) groups excluding carboxylic acids is 2. The van der Waals surface area contributed by atoms with E-state index in [4.69, 9.17) is 27.9 Å². The standard InChI is InChI=1S/C16H12Cl2N2O3/c1-23-14-12(17)4-9(5-13(14)18)15(21)20-10-3-2-8-7-19-16(22)11(8)6-10/h2-6H,7H2,1H3,(H,19,22)(H,20,21). The fourth-order valence-corrected chi connectivity index (χ4v) is 3.02. The van der Waals surface area contributed by atoms with Crippen molar-refractivity contribution in [3.63, 3.8) is 0 Å². The van der Waals surface area contributed by atoms with Gasteiger partial charge in [0.25, 0.3) is 11.8 Å². The average Bonchev–Trinajstić information content (AvgIpc) is 2.88. The van der Waals surface area contributed by atoms with Crippen molar-refractivity contribution >= 4 is 40.7 Å². The molecule has 0 bridgehead atoms. The van der Waals surface area contributed by atoms with Crippen molar-refractivity contribution < 1.29 is 14.3 Å². The Morgan fingerprint density at radius 1 is 1.22 bits per heavy atom. The highest BCUT2D eigenvalue weighted by Crippen LogP contribution is 2.34. The number of rotatable bonds is 3. The van der Waals surface area contributed by atoms with Gasteiger partial charge in [-0.25, -0.2) is 0 Å². The van der Waals surface area contributed by atoms with E-state index in [0.717, 1.165) is 5.56 Å². The number of hydrogen-bond donors (Lipinski definition) is 2. The molecule has 118 valence electrons. The molecule has 23 heavy (non-hydrogen) atoms. The minimum absolute atomic E-state index is 0.147. The van der Waals surface area contributed by atoms with Crippen LogP contribution in [0.4, 0.5) is 5.69 Å². The van der Waals surface area contributed by atoms with Crippen LogP contribution in [0.2, 0.25) is 10.0 Å². The van der Waals surface area contributed by atoms with Crippen LogP contribution in [0.25, 0.3) is 0 Å². The van der Waals surface area contributed by atoms with Crippen molar-refractivity contribution in [2.45, 2.75) is 6.54 Å². The lowest BCUT2D eigenvalue weighted by Gasteiger charge is -2.10. The van der Waals surface area contributed by atoms with Gasteiger partial charge in [0.1, 0.15) is 0 Å². The van der Waals surface area contributed by atoms with E-state index in [9.17, 15) is 9.59 Å². The smallest absolute Gasteiger partial charge is 0.255 e. The molecule has 2 aromatic carbocycles. The topological polar surface area (TPSA) is 67.4 Å². The molecule has 2 N–H and O–H groups in total. The summed E-state index contributed by atoms with van der Waals surface area (Å²) in [5.41, 5.74) is 2.29. The third-order valence-corrected chi connectivity index (χ3v) is 4.08. The van der Waals surface area contributed by atoms with Crippen molar-refractivity contribution in [3.05, 3.63) is 57.1 Å². The predicted molar refractivity (Wildman–Crippen MR) is 88.6 cm³/mol. The summed E-state index contributed by atoms with van der Waals surface area (Å²) in [5, 5.41) is 5.94. The monoisotopic (exact) mass is 350 g/mol. The molecule has 7 heteroatoms. The van der Waals surface area contributed by atoms with E-state index in [-0.39, 0.29) is 21.9 Å². The van der Waals surface area contributed by atoms with E-state index in [1.807, 2.05) is 0 Å². The maximum Gasteiger partial charge on any atom is 0.255 e. The van der Waals surface area contributed by atoms with Gasteiger partial charge in [-0.1, -0.05) is 29.3 Å². The van der Waals surface area contributed by atoms with Crippen LogP contribution in [-0.2, 0) is 6.54 Å². The van der Waals surface area contributed by atoms with Crippen LogP contribution in [0.15, 0.2) is 30.3 Å². The number of halogens is 2. The minimum Gasteiger partial charge on any atom is -0.494 e. The zero-order chi connectivity index (χ0) is 16.6. The molecule has 1 aliphatic rings. The van der Waals surface area contributed by atoms with Crippen LogP contribution < -0.4 is 15.4 Å². The first-order chi connectivity index (χ1) is 11.0. The summed E-state index contributed by atoms with van der Waals surface area (Å²) < 4.78 is 5.05. The second kappa shape index (κ2) is 6.10. The molecule has 1 heterocycles. The summed E-state index contributed by atoms with van der Waals surface area (Å²) in [4.78, 5) is 24.0. The Hall–Kier alpha value is -2.24. The van der Waals surface area contributed by atoms with Crippen LogP contribution in [-0.4, -0.2) is 18.9 Å². The van der Waals surface area contributed by atoms with Crippen LogP contribution in [0, 0.1) is 0 Å². The number of benzene rings is 2. The van der Waals surface area contributed by atoms with Crippen LogP contribution >= 0.6 is 23.2 Å². The third kappa shape index (κ3) is 2.98. The van der Waals surface area contributed by atoms with Gasteiger partial charge >= 0.3 is 0 Å². The quantitative estimate of drug-likeness (QED) is 0.890. The largest absolute Gasteiger partial charge is 0.494 e. The highest BCUT2D eigenvalue weighted by molar-refractivity contribution is 6.37. The van der Waals surface area contributed by atoms with Crippen molar-refractivity contribution in [2.24, 2.45) is 0 Å². The molecular weight excluding hydrogens is 339 g/mol. The first kappa shape index (κ1) is 15.6. The highest BCUT2D eigenvalue weighted by Gasteiger charge is 2.19. The van der Waals surface area contributed by atoms with Crippen LogP contribution in [0.3, 0.4) is 0 Å². The number of fused-ring (bicyclic) bond motifs is 1. The van der Waals surface area contributed by atoms with E-state index in [2.05, 4.69) is 10.6 Å². The van der Waals surface area contributed by atoms with Gasteiger partial charge in [-0.15, -0.1) is 0 Å². The molecule has 0 saturated heterocycles. The van der Waals surface area contributed by atoms with Gasteiger partial charge in [-0.05, 0) is 29.8 Å². The molecule has 3 rings (SSSR count). The van der Waals surface area contributed by atoms with Crippen molar-refractivity contribution in [1.82, 2.24) is 5.32 Å². The number of amides is 2. The van der Waals surface area contributed by atoms with Gasteiger partial charge < -0.3 is 15.4 Å². The van der Waals surface area contributed by atoms with Crippen LogP contribution in [0.5, 0.6) is 5.75 Å². The normalized spacial score (nSPS) is 12.6. The number of methoxy groups -OCH3 is 1. The fraction of sp³-hybridized carbons (Fsp3) is 0.125. The Balaban J connectivity index is 1.85. The predicted octanol–water partition coefficient (Wildman–Crippen LogP) is 3.50. The molecule has 0 spiro atoms. The Bertz CT molecular complexity index is 798. The summed E-state index contributed by atoms with van der Waals surface area (Å²) in [6, 6.07) is 8.13. The van der Waals surface area contributed by atoms with Gasteiger partial charge in [0.2, 0.25) is 0 Å². The van der Waals surface area contributed by atoms with Crippen molar-refractivity contribution in [1.29, 1.82) is 0 Å². The molecule has 2 amide bonds. The van der Waals surface area contributed by atoms with Gasteiger partial charge in [0, 0.05) is 23.4 Å². The third-order valence-electron chi connectivity index (χ3n) is 3.52. The summed E-state index contributed by atoms with van der Waals surface area (Å²) in [5.74, 6) is -0.208.